The van der Waals surface area contributed by atoms with Gasteiger partial charge in [-0.1, -0.05) is 19.6 Å². The molecule has 0 radical (unpaired) electrons. The number of aryl methyl sites for hydroxylation is 1. The van der Waals surface area contributed by atoms with Gasteiger partial charge < -0.3 is 28.4 Å². The summed E-state index contributed by atoms with van der Waals surface area (Å²) >= 11 is 0. The molecule has 2 saturated heterocycles. The molecule has 1 aromatic carbocycles. The summed E-state index contributed by atoms with van der Waals surface area (Å²) in [5.74, 6) is 1.64. The maximum atomic E-state index is 16.0. The Morgan fingerprint density at radius 3 is 2.57 bits per heavy atom. The molecule has 2 aliphatic heterocycles. The summed E-state index contributed by atoms with van der Waals surface area (Å²) in [6.45, 7) is 13.1. The van der Waals surface area contributed by atoms with E-state index in [9.17, 15) is 4.79 Å². The molecule has 13 heteroatoms. The molecule has 2 fully saturated rings. The summed E-state index contributed by atoms with van der Waals surface area (Å²) in [4.78, 5) is 20.6. The molecule has 1 amide bonds. The maximum Gasteiger partial charge on any atom is 0.410 e. The Bertz CT molecular complexity index is 1490. The average Bonchev–Trinajstić information content (AvgIpc) is 3.55. The third-order valence-corrected chi connectivity index (χ3v) is 10.1. The lowest BCUT2D eigenvalue weighted by molar-refractivity contribution is -0.0104. The minimum Gasteiger partial charge on any atom is -0.467 e. The van der Waals surface area contributed by atoms with Gasteiger partial charge in [0, 0.05) is 58.8 Å². The van der Waals surface area contributed by atoms with Crippen LogP contribution in [0.5, 0.6) is 17.5 Å². The molecule has 4 atom stereocenters. The molecule has 46 heavy (non-hydrogen) atoms. The second-order valence-electron chi connectivity index (χ2n) is 14.4. The number of nitrogens with zero attached hydrogens (tertiary/aromatic N) is 6. The monoisotopic (exact) mass is 654 g/mol. The highest BCUT2D eigenvalue weighted by Crippen LogP contribution is 2.41. The van der Waals surface area contributed by atoms with Gasteiger partial charge in [0.15, 0.2) is 12.6 Å². The van der Waals surface area contributed by atoms with Gasteiger partial charge in [-0.3, -0.25) is 4.90 Å². The molecular formula is C33H47FN6O5Si. The van der Waals surface area contributed by atoms with E-state index in [0.29, 0.717) is 48.5 Å². The fraction of sp³-hybridized carbons (Fsp3) is 0.576. The van der Waals surface area contributed by atoms with Crippen LogP contribution in [0, 0.1) is 0 Å². The van der Waals surface area contributed by atoms with Gasteiger partial charge in [-0.25, -0.2) is 14.2 Å². The average molecular weight is 655 g/mol. The number of hydrogen-bond donors (Lipinski definition) is 0. The molecule has 0 aliphatic carbocycles. The van der Waals surface area contributed by atoms with Gasteiger partial charge in [0.2, 0.25) is 0 Å². The van der Waals surface area contributed by atoms with Gasteiger partial charge in [0.1, 0.15) is 23.3 Å². The molecule has 5 rings (SSSR count). The highest BCUT2D eigenvalue weighted by atomic mass is 28.3. The third kappa shape index (κ3) is 7.98. The van der Waals surface area contributed by atoms with E-state index in [1.54, 1.807) is 21.7 Å². The fourth-order valence-electron chi connectivity index (χ4n) is 5.91. The minimum absolute atomic E-state index is 0.0781. The van der Waals surface area contributed by atoms with E-state index in [4.69, 9.17) is 18.9 Å². The Hall–Kier alpha value is -3.71. The summed E-state index contributed by atoms with van der Waals surface area (Å²) in [6.07, 6.45) is 3.65. The Morgan fingerprint density at radius 2 is 1.91 bits per heavy atom. The molecule has 250 valence electrons. The van der Waals surface area contributed by atoms with Crippen molar-refractivity contribution in [2.75, 3.05) is 25.3 Å². The predicted octanol–water partition coefficient (Wildman–Crippen LogP) is 6.68. The molecule has 0 unspecified atom stereocenters. The number of anilines is 1. The molecule has 2 aliphatic rings. The zero-order valence-corrected chi connectivity index (χ0v) is 29.2. The molecule has 2 aromatic heterocycles. The van der Waals surface area contributed by atoms with E-state index in [1.807, 2.05) is 70.2 Å². The van der Waals surface area contributed by atoms with Crippen LogP contribution in [0.3, 0.4) is 0 Å². The number of aromatic nitrogens is 4. The molecule has 0 N–H and O–H groups in total. The molecule has 2 bridgehead atoms. The Labute approximate surface area is 272 Å². The van der Waals surface area contributed by atoms with Crippen molar-refractivity contribution < 1.29 is 28.1 Å². The number of ether oxygens (including phenoxy) is 4. The van der Waals surface area contributed by atoms with Crippen molar-refractivity contribution in [2.24, 2.45) is 7.05 Å². The van der Waals surface area contributed by atoms with E-state index >= 15 is 4.39 Å². The van der Waals surface area contributed by atoms with Crippen LogP contribution in [-0.4, -0.2) is 89.2 Å². The van der Waals surface area contributed by atoms with Crippen LogP contribution in [0.15, 0.2) is 42.7 Å². The van der Waals surface area contributed by atoms with E-state index in [-0.39, 0.29) is 12.8 Å². The number of piperidine rings is 1. The first-order chi connectivity index (χ1) is 21.7. The number of fused-ring (bicyclic) bond motifs is 2. The SMILES string of the molecule is CN(c1ccc(-c2ccc(Oc3nccn3C)cc2OCOCC[Si](C)(C)C)nn1)[C@@H]1C[C@H]2CC[C@@H]([C@@H]1F)N2C(=O)OC(C)(C)C. The lowest BCUT2D eigenvalue weighted by atomic mass is 9.94. The summed E-state index contributed by atoms with van der Waals surface area (Å²) in [5, 5.41) is 9.00. The summed E-state index contributed by atoms with van der Waals surface area (Å²) in [7, 11) is 2.46. The van der Waals surface area contributed by atoms with Crippen molar-refractivity contribution in [3.63, 3.8) is 0 Å². The maximum absolute atomic E-state index is 16.0. The van der Waals surface area contributed by atoms with E-state index in [0.717, 1.165) is 18.0 Å². The number of halogens is 1. The first-order valence-electron chi connectivity index (χ1n) is 15.9. The molecule has 0 spiro atoms. The molecule has 3 aromatic rings. The Morgan fingerprint density at radius 1 is 1.13 bits per heavy atom. The first-order valence-corrected chi connectivity index (χ1v) is 19.6. The van der Waals surface area contributed by atoms with Gasteiger partial charge in [-0.15, -0.1) is 10.2 Å². The molecule has 0 saturated carbocycles. The van der Waals surface area contributed by atoms with Crippen LogP contribution in [0.1, 0.15) is 40.0 Å². The van der Waals surface area contributed by atoms with Crippen LogP contribution < -0.4 is 14.4 Å². The lowest BCUT2D eigenvalue weighted by Gasteiger charge is -2.44. The van der Waals surface area contributed by atoms with Gasteiger partial charge in [-0.2, -0.15) is 0 Å². The van der Waals surface area contributed by atoms with Crippen molar-refractivity contribution in [1.29, 1.82) is 0 Å². The number of alkyl halides is 1. The number of hydrogen-bond acceptors (Lipinski definition) is 9. The van der Waals surface area contributed by atoms with E-state index in [1.165, 1.54) is 0 Å². The number of carbonyl (C=O) groups excluding carboxylic acids is 1. The van der Waals surface area contributed by atoms with Gasteiger partial charge in [0.05, 0.1) is 17.8 Å². The second kappa shape index (κ2) is 13.6. The summed E-state index contributed by atoms with van der Waals surface area (Å²) in [6, 6.07) is 9.62. The van der Waals surface area contributed by atoms with Crippen LogP contribution in [0.25, 0.3) is 11.3 Å². The van der Waals surface area contributed by atoms with Gasteiger partial charge >= 0.3 is 12.1 Å². The molecule has 4 heterocycles. The van der Waals surface area contributed by atoms with Crippen molar-refractivity contribution in [3.8, 4) is 28.8 Å². The van der Waals surface area contributed by atoms with Crippen molar-refractivity contribution in [3.05, 3.63) is 42.7 Å². The van der Waals surface area contributed by atoms with Crippen molar-refractivity contribution in [2.45, 2.75) is 95.6 Å². The second-order valence-corrected chi connectivity index (χ2v) is 20.0. The Balaban J connectivity index is 1.30. The third-order valence-electron chi connectivity index (χ3n) is 8.42. The van der Waals surface area contributed by atoms with Crippen LogP contribution in [0.2, 0.25) is 25.7 Å². The summed E-state index contributed by atoms with van der Waals surface area (Å²) in [5.41, 5.74) is 0.676. The first kappa shape index (κ1) is 33.6. The number of rotatable bonds is 11. The number of carbonyl (C=O) groups is 1. The van der Waals surface area contributed by atoms with Crippen LogP contribution in [0.4, 0.5) is 15.0 Å². The quantitative estimate of drug-likeness (QED) is 0.127. The fourth-order valence-corrected chi connectivity index (χ4v) is 6.67. The van der Waals surface area contributed by atoms with Crippen LogP contribution >= 0.6 is 0 Å². The predicted molar refractivity (Wildman–Crippen MR) is 177 cm³/mol. The minimum atomic E-state index is -1.25. The lowest BCUT2D eigenvalue weighted by Crippen LogP contribution is -2.59. The van der Waals surface area contributed by atoms with Gasteiger partial charge in [-0.05, 0) is 70.3 Å². The highest BCUT2D eigenvalue weighted by molar-refractivity contribution is 6.76. The number of benzene rings is 1. The number of amides is 1. The van der Waals surface area contributed by atoms with E-state index in [2.05, 4.69) is 34.8 Å². The van der Waals surface area contributed by atoms with E-state index < -0.39 is 38.0 Å². The Kier molecular flexibility index (Phi) is 9.92. The van der Waals surface area contributed by atoms with Crippen molar-refractivity contribution in [1.82, 2.24) is 24.6 Å². The number of imidazole rings is 1. The molecule has 11 nitrogen and oxygen atoms in total. The smallest absolute Gasteiger partial charge is 0.410 e. The zero-order chi connectivity index (χ0) is 33.2. The van der Waals surface area contributed by atoms with Crippen LogP contribution in [-0.2, 0) is 16.5 Å². The topological polar surface area (TPSA) is 104 Å². The largest absolute Gasteiger partial charge is 0.467 e. The highest BCUT2D eigenvalue weighted by Gasteiger charge is 2.52. The summed E-state index contributed by atoms with van der Waals surface area (Å²) < 4.78 is 41.2. The standard InChI is InChI=1S/C33H47FN6O5Si/c1-33(2,3)45-32(41)40-22-9-13-26(40)30(34)27(19-22)39(5)29-14-12-25(36-37-29)24-11-10-23(44-31-35-15-16-38(31)4)20-28(24)43-21-42-17-18-46(6,7)8/h10-12,14-16,20,22,26-27,30H,9,13,17-19,21H2,1-8H3/t22-,26+,27-,30+/m1/s1. The van der Waals surface area contributed by atoms with Crippen molar-refractivity contribution >= 4 is 20.0 Å². The zero-order valence-electron chi connectivity index (χ0n) is 28.2. The van der Waals surface area contributed by atoms with Gasteiger partial charge in [0.25, 0.3) is 0 Å². The molecular weight excluding hydrogens is 607 g/mol. The normalized spacial score (nSPS) is 21.3.